The van der Waals surface area contributed by atoms with Crippen molar-refractivity contribution in [1.29, 1.82) is 0 Å². The van der Waals surface area contributed by atoms with Crippen molar-refractivity contribution in [1.82, 2.24) is 4.90 Å². The third-order valence-electron chi connectivity index (χ3n) is 3.09. The molecule has 17 heavy (non-hydrogen) atoms. The zero-order chi connectivity index (χ0) is 12.3. The quantitative estimate of drug-likeness (QED) is 0.906. The molecule has 1 aliphatic heterocycles. The summed E-state index contributed by atoms with van der Waals surface area (Å²) in [6.45, 7) is 3.10. The van der Waals surface area contributed by atoms with Gasteiger partial charge in [0.2, 0.25) is 0 Å². The predicted octanol–water partition coefficient (Wildman–Crippen LogP) is 3.16. The Morgan fingerprint density at radius 2 is 2.24 bits per heavy atom. The van der Waals surface area contributed by atoms with Gasteiger partial charge >= 0.3 is 5.97 Å². The van der Waals surface area contributed by atoms with Crippen LogP contribution < -0.4 is 0 Å². The lowest BCUT2D eigenvalue weighted by Gasteiger charge is -2.21. The molecule has 0 amide bonds. The van der Waals surface area contributed by atoms with Gasteiger partial charge in [0.1, 0.15) is 0 Å². The van der Waals surface area contributed by atoms with Crippen LogP contribution in [0.4, 0.5) is 0 Å². The lowest BCUT2D eigenvalue weighted by atomic mass is 10.0. The molecule has 1 N–H and O–H groups in total. The molecule has 1 aromatic heterocycles. The molecule has 2 heterocycles. The van der Waals surface area contributed by atoms with Gasteiger partial charge in [-0.05, 0) is 47.9 Å². The number of thiophene rings is 1. The Morgan fingerprint density at radius 1 is 1.53 bits per heavy atom. The number of likely N-dealkylation sites (tertiary alicyclic amines) is 1. The van der Waals surface area contributed by atoms with Gasteiger partial charge in [0.15, 0.2) is 0 Å². The fourth-order valence-corrected chi connectivity index (χ4v) is 3.83. The van der Waals surface area contributed by atoms with Crippen molar-refractivity contribution in [3.8, 4) is 0 Å². The molecule has 0 radical (unpaired) electrons. The SMILES string of the molecule is O=C(O)CC(CN1CCCC1)c1cc(Br)cs1. The van der Waals surface area contributed by atoms with Crippen molar-refractivity contribution in [2.24, 2.45) is 0 Å². The summed E-state index contributed by atoms with van der Waals surface area (Å²) >= 11 is 5.07. The highest BCUT2D eigenvalue weighted by atomic mass is 79.9. The Balaban J connectivity index is 2.04. The first-order chi connectivity index (χ1) is 8.15. The molecular weight excluding hydrogens is 302 g/mol. The number of carboxylic acid groups (broad SMARTS) is 1. The molecule has 1 aliphatic rings. The smallest absolute Gasteiger partial charge is 0.304 e. The van der Waals surface area contributed by atoms with E-state index in [0.717, 1.165) is 24.1 Å². The first-order valence-corrected chi connectivity index (χ1v) is 7.50. The van der Waals surface area contributed by atoms with Gasteiger partial charge in [-0.3, -0.25) is 4.79 Å². The third kappa shape index (κ3) is 3.79. The summed E-state index contributed by atoms with van der Waals surface area (Å²) in [6, 6.07) is 2.05. The van der Waals surface area contributed by atoms with Crippen molar-refractivity contribution in [2.75, 3.05) is 19.6 Å². The maximum Gasteiger partial charge on any atom is 0.304 e. The van der Waals surface area contributed by atoms with Gasteiger partial charge in [0, 0.05) is 27.2 Å². The van der Waals surface area contributed by atoms with Crippen LogP contribution in [0.25, 0.3) is 0 Å². The highest BCUT2D eigenvalue weighted by Crippen LogP contribution is 2.30. The molecule has 0 aliphatic carbocycles. The zero-order valence-corrected chi connectivity index (χ0v) is 12.0. The van der Waals surface area contributed by atoms with Crippen LogP contribution in [0.3, 0.4) is 0 Å². The lowest BCUT2D eigenvalue weighted by Crippen LogP contribution is -2.26. The number of carboxylic acids is 1. The summed E-state index contributed by atoms with van der Waals surface area (Å²) in [7, 11) is 0. The predicted molar refractivity (Wildman–Crippen MR) is 72.7 cm³/mol. The van der Waals surface area contributed by atoms with E-state index >= 15 is 0 Å². The van der Waals surface area contributed by atoms with Crippen molar-refractivity contribution < 1.29 is 9.90 Å². The van der Waals surface area contributed by atoms with E-state index in [2.05, 4.69) is 20.8 Å². The second-order valence-corrected chi connectivity index (χ2v) is 6.33. The van der Waals surface area contributed by atoms with Crippen molar-refractivity contribution in [3.63, 3.8) is 0 Å². The Hall–Kier alpha value is -0.390. The van der Waals surface area contributed by atoms with Crippen LogP contribution >= 0.6 is 27.3 Å². The Bertz CT molecular complexity index is 388. The van der Waals surface area contributed by atoms with E-state index in [1.165, 1.54) is 17.7 Å². The van der Waals surface area contributed by atoms with E-state index in [-0.39, 0.29) is 12.3 Å². The molecule has 1 aromatic rings. The first-order valence-electron chi connectivity index (χ1n) is 5.83. The maximum absolute atomic E-state index is 10.9. The summed E-state index contributed by atoms with van der Waals surface area (Å²) < 4.78 is 1.05. The molecule has 3 nitrogen and oxygen atoms in total. The van der Waals surface area contributed by atoms with E-state index < -0.39 is 5.97 Å². The topological polar surface area (TPSA) is 40.5 Å². The summed E-state index contributed by atoms with van der Waals surface area (Å²) in [6.07, 6.45) is 2.71. The number of rotatable bonds is 5. The van der Waals surface area contributed by atoms with Gasteiger partial charge in [-0.1, -0.05) is 0 Å². The summed E-state index contributed by atoms with van der Waals surface area (Å²) in [5.74, 6) is -0.583. The molecule has 1 atom stereocenters. The van der Waals surface area contributed by atoms with E-state index in [4.69, 9.17) is 5.11 Å². The Morgan fingerprint density at radius 3 is 2.76 bits per heavy atom. The molecule has 0 aromatic carbocycles. The first kappa shape index (κ1) is 13.1. The third-order valence-corrected chi connectivity index (χ3v) is 4.94. The monoisotopic (exact) mass is 317 g/mol. The van der Waals surface area contributed by atoms with Gasteiger partial charge in [-0.2, -0.15) is 0 Å². The Labute approximate surface area is 114 Å². The molecule has 1 saturated heterocycles. The minimum Gasteiger partial charge on any atom is -0.481 e. The molecule has 2 rings (SSSR count). The fraction of sp³-hybridized carbons (Fsp3) is 0.583. The average Bonchev–Trinajstić information content (AvgIpc) is 2.87. The molecule has 5 heteroatoms. The highest BCUT2D eigenvalue weighted by molar-refractivity contribution is 9.10. The van der Waals surface area contributed by atoms with Gasteiger partial charge in [0.05, 0.1) is 6.42 Å². The van der Waals surface area contributed by atoms with Crippen LogP contribution in [-0.2, 0) is 4.79 Å². The molecule has 0 spiro atoms. The molecule has 1 fully saturated rings. The van der Waals surface area contributed by atoms with Gasteiger partial charge in [-0.15, -0.1) is 11.3 Å². The molecule has 0 bridgehead atoms. The largest absolute Gasteiger partial charge is 0.481 e. The Kier molecular flexibility index (Phi) is 4.59. The van der Waals surface area contributed by atoms with E-state index in [9.17, 15) is 4.79 Å². The molecule has 1 unspecified atom stereocenters. The number of halogens is 1. The molecule has 0 saturated carbocycles. The van der Waals surface area contributed by atoms with E-state index in [1.807, 2.05) is 11.4 Å². The number of carbonyl (C=O) groups is 1. The average molecular weight is 318 g/mol. The maximum atomic E-state index is 10.9. The normalized spacial score (nSPS) is 18.4. The van der Waals surface area contributed by atoms with Gasteiger partial charge in [-0.25, -0.2) is 0 Å². The van der Waals surface area contributed by atoms with Crippen molar-refractivity contribution >= 4 is 33.2 Å². The fourth-order valence-electron chi connectivity index (χ4n) is 2.29. The van der Waals surface area contributed by atoms with Crippen LogP contribution in [0.15, 0.2) is 15.9 Å². The number of hydrogen-bond donors (Lipinski definition) is 1. The van der Waals surface area contributed by atoms with E-state index in [0.29, 0.717) is 0 Å². The number of aliphatic carboxylic acids is 1. The van der Waals surface area contributed by atoms with Crippen LogP contribution in [0, 0.1) is 0 Å². The number of hydrogen-bond acceptors (Lipinski definition) is 3. The number of nitrogens with zero attached hydrogens (tertiary/aromatic N) is 1. The highest BCUT2D eigenvalue weighted by Gasteiger charge is 2.22. The van der Waals surface area contributed by atoms with Crippen molar-refractivity contribution in [2.45, 2.75) is 25.2 Å². The summed E-state index contributed by atoms with van der Waals surface area (Å²) in [5, 5.41) is 11.0. The van der Waals surface area contributed by atoms with Crippen LogP contribution in [0.2, 0.25) is 0 Å². The van der Waals surface area contributed by atoms with Crippen LogP contribution in [0.5, 0.6) is 0 Å². The summed E-state index contributed by atoms with van der Waals surface area (Å²) in [4.78, 5) is 14.5. The van der Waals surface area contributed by atoms with Gasteiger partial charge < -0.3 is 10.0 Å². The van der Waals surface area contributed by atoms with E-state index in [1.54, 1.807) is 11.3 Å². The molecule has 94 valence electrons. The van der Waals surface area contributed by atoms with Crippen molar-refractivity contribution in [3.05, 3.63) is 20.8 Å². The minimum atomic E-state index is -0.710. The minimum absolute atomic E-state index is 0.127. The summed E-state index contributed by atoms with van der Waals surface area (Å²) in [5.41, 5.74) is 0. The van der Waals surface area contributed by atoms with Crippen LogP contribution in [0.1, 0.15) is 30.1 Å². The van der Waals surface area contributed by atoms with Gasteiger partial charge in [0.25, 0.3) is 0 Å². The zero-order valence-electron chi connectivity index (χ0n) is 9.56. The van der Waals surface area contributed by atoms with Crippen LogP contribution in [-0.4, -0.2) is 35.6 Å². The molecular formula is C12H16BrNO2S. The standard InChI is InChI=1S/C12H16BrNO2S/c13-10-6-11(17-8-10)9(5-12(15)16)7-14-3-1-2-4-14/h6,8-9H,1-5,7H2,(H,15,16). The lowest BCUT2D eigenvalue weighted by molar-refractivity contribution is -0.137. The second kappa shape index (κ2) is 5.98. The second-order valence-electron chi connectivity index (χ2n) is 4.47.